The number of aryl methyl sites for hydroxylation is 1. The van der Waals surface area contributed by atoms with Crippen LogP contribution in [0.3, 0.4) is 0 Å². The van der Waals surface area contributed by atoms with Crippen LogP contribution >= 0.6 is 0 Å². The molecule has 174 valence electrons. The molecule has 0 spiro atoms. The number of aromatic nitrogens is 1. The molecule has 4 rings (SSSR count). The van der Waals surface area contributed by atoms with Crippen LogP contribution in [-0.2, 0) is 9.53 Å². The van der Waals surface area contributed by atoms with Gasteiger partial charge in [0.25, 0.3) is 5.91 Å². The maximum Gasteiger partial charge on any atom is 0.490 e. The molecule has 2 aliphatic heterocycles. The summed E-state index contributed by atoms with van der Waals surface area (Å²) < 4.78 is 43.1. The third-order valence-corrected chi connectivity index (χ3v) is 5.30. The van der Waals surface area contributed by atoms with Crippen LogP contribution in [0, 0.1) is 12.8 Å². The first-order chi connectivity index (χ1) is 15.1. The number of carbonyl (C=O) groups excluding carboxylic acids is 1. The summed E-state index contributed by atoms with van der Waals surface area (Å²) in [6.07, 6.45) is -2.43. The number of rotatable bonds is 2. The molecule has 8 nitrogen and oxygen atoms in total. The van der Waals surface area contributed by atoms with E-state index in [1.807, 2.05) is 24.0 Å². The van der Waals surface area contributed by atoms with Gasteiger partial charge in [-0.1, -0.05) is 6.07 Å². The van der Waals surface area contributed by atoms with E-state index in [1.165, 1.54) is 6.26 Å². The van der Waals surface area contributed by atoms with Gasteiger partial charge < -0.3 is 24.1 Å². The van der Waals surface area contributed by atoms with Crippen molar-refractivity contribution in [2.45, 2.75) is 25.6 Å². The van der Waals surface area contributed by atoms with Crippen molar-refractivity contribution in [2.75, 3.05) is 37.7 Å². The number of carbonyl (C=O) groups is 2. The number of nitrogens with zero attached hydrogens (tertiary/aromatic N) is 3. The van der Waals surface area contributed by atoms with Crippen molar-refractivity contribution in [3.05, 3.63) is 48.0 Å². The minimum absolute atomic E-state index is 0.0444. The predicted molar refractivity (Wildman–Crippen MR) is 107 cm³/mol. The molecule has 0 bridgehead atoms. The first-order valence-corrected chi connectivity index (χ1v) is 10.1. The first-order valence-electron chi connectivity index (χ1n) is 10.1. The van der Waals surface area contributed by atoms with Crippen LogP contribution in [-0.4, -0.2) is 71.9 Å². The van der Waals surface area contributed by atoms with Crippen LogP contribution in [0.5, 0.6) is 0 Å². The Labute approximate surface area is 182 Å². The molecule has 0 saturated carbocycles. The van der Waals surface area contributed by atoms with E-state index in [0.29, 0.717) is 24.8 Å². The number of alkyl halides is 3. The molecule has 1 amide bonds. The Kier molecular flexibility index (Phi) is 7.39. The number of piperidine rings is 1. The first kappa shape index (κ1) is 23.6. The molecule has 2 fully saturated rings. The van der Waals surface area contributed by atoms with E-state index >= 15 is 0 Å². The molecule has 0 radical (unpaired) electrons. The van der Waals surface area contributed by atoms with Crippen molar-refractivity contribution < 1.29 is 37.0 Å². The van der Waals surface area contributed by atoms with Crippen molar-refractivity contribution in [3.8, 4) is 0 Å². The maximum absolute atomic E-state index is 12.6. The number of anilines is 1. The number of hydrogen-bond donors (Lipinski definition) is 1. The van der Waals surface area contributed by atoms with Crippen molar-refractivity contribution in [1.82, 2.24) is 9.88 Å². The lowest BCUT2D eigenvalue weighted by atomic mass is 9.93. The van der Waals surface area contributed by atoms with Crippen molar-refractivity contribution in [3.63, 3.8) is 0 Å². The molecule has 2 saturated heterocycles. The molecule has 2 atom stereocenters. The van der Waals surface area contributed by atoms with Crippen LogP contribution in [0.1, 0.15) is 22.7 Å². The summed E-state index contributed by atoms with van der Waals surface area (Å²) in [6.45, 7) is 5.65. The standard InChI is InChI=1S/C19H23N3O3.C2HF3O2/c1-14-4-2-6-18(20-14)21-8-7-15-12-22(9-11-25-17(15)13-21)19(23)16-5-3-10-24-16;3-2(4,5)1(6)7/h2-6,10,15,17H,7-9,11-13H2,1H3;(H,6,7)/t15-,17-;/m1./s1. The molecule has 1 N–H and O–H groups in total. The smallest absolute Gasteiger partial charge is 0.475 e. The number of amides is 1. The number of carboxylic acid groups (broad SMARTS) is 1. The zero-order valence-corrected chi connectivity index (χ0v) is 17.4. The summed E-state index contributed by atoms with van der Waals surface area (Å²) >= 11 is 0. The lowest BCUT2D eigenvalue weighted by molar-refractivity contribution is -0.192. The normalized spacial score (nSPS) is 21.1. The van der Waals surface area contributed by atoms with Crippen molar-refractivity contribution >= 4 is 17.7 Å². The van der Waals surface area contributed by atoms with E-state index in [4.69, 9.17) is 19.1 Å². The van der Waals surface area contributed by atoms with E-state index in [9.17, 15) is 18.0 Å². The zero-order valence-electron chi connectivity index (χ0n) is 17.4. The highest BCUT2D eigenvalue weighted by atomic mass is 19.4. The minimum Gasteiger partial charge on any atom is -0.475 e. The monoisotopic (exact) mass is 455 g/mol. The Morgan fingerprint density at radius 3 is 2.53 bits per heavy atom. The van der Waals surface area contributed by atoms with Crippen molar-refractivity contribution in [1.29, 1.82) is 0 Å². The second kappa shape index (κ2) is 10.0. The van der Waals surface area contributed by atoms with Gasteiger partial charge in [0, 0.05) is 37.8 Å². The molecular formula is C21H24F3N3O5. The summed E-state index contributed by atoms with van der Waals surface area (Å²) in [4.78, 5) is 30.2. The lowest BCUT2D eigenvalue weighted by Crippen LogP contribution is -2.47. The summed E-state index contributed by atoms with van der Waals surface area (Å²) in [5.74, 6) is -1.04. The summed E-state index contributed by atoms with van der Waals surface area (Å²) in [5.41, 5.74) is 1.02. The number of fused-ring (bicyclic) bond motifs is 1. The molecule has 2 aromatic rings. The van der Waals surface area contributed by atoms with Gasteiger partial charge in [0.05, 0.1) is 19.0 Å². The Hall–Kier alpha value is -3.08. The molecule has 2 aliphatic rings. The average molecular weight is 455 g/mol. The fourth-order valence-corrected chi connectivity index (χ4v) is 3.70. The quantitative estimate of drug-likeness (QED) is 0.744. The molecule has 0 unspecified atom stereocenters. The van der Waals surface area contributed by atoms with Gasteiger partial charge in [0.15, 0.2) is 5.76 Å². The largest absolute Gasteiger partial charge is 0.490 e. The molecule has 2 aromatic heterocycles. The Morgan fingerprint density at radius 2 is 1.91 bits per heavy atom. The zero-order chi connectivity index (χ0) is 23.3. The molecule has 0 aliphatic carbocycles. The van der Waals surface area contributed by atoms with E-state index in [0.717, 1.165) is 37.6 Å². The molecule has 4 heterocycles. The van der Waals surface area contributed by atoms with Gasteiger partial charge in [-0.25, -0.2) is 9.78 Å². The Balaban J connectivity index is 0.000000360. The fraction of sp³-hybridized carbons (Fsp3) is 0.476. The third kappa shape index (κ3) is 6.00. The van der Waals surface area contributed by atoms with Crippen LogP contribution in [0.25, 0.3) is 0 Å². The molecule has 11 heteroatoms. The third-order valence-electron chi connectivity index (χ3n) is 5.30. The number of pyridine rings is 1. The highest BCUT2D eigenvalue weighted by Gasteiger charge is 2.38. The summed E-state index contributed by atoms with van der Waals surface area (Å²) in [7, 11) is 0. The highest BCUT2D eigenvalue weighted by molar-refractivity contribution is 5.91. The van der Waals surface area contributed by atoms with Gasteiger partial charge in [-0.05, 0) is 37.6 Å². The van der Waals surface area contributed by atoms with Crippen LogP contribution in [0.2, 0.25) is 0 Å². The fourth-order valence-electron chi connectivity index (χ4n) is 3.70. The number of ether oxygens (including phenoxy) is 1. The number of halogens is 3. The number of carboxylic acids is 1. The predicted octanol–water partition coefficient (Wildman–Crippen LogP) is 2.98. The molecule has 0 aromatic carbocycles. The number of hydrogen-bond acceptors (Lipinski definition) is 6. The van der Waals surface area contributed by atoms with Gasteiger partial charge in [-0.2, -0.15) is 13.2 Å². The second-order valence-corrected chi connectivity index (χ2v) is 7.57. The SMILES string of the molecule is Cc1cccc(N2CC[C@@H]3CN(C(=O)c4ccco4)CCO[C@@H]3C2)n1.O=C(O)C(F)(F)F. The molecular weight excluding hydrogens is 431 g/mol. The van der Waals surface area contributed by atoms with E-state index in [2.05, 4.69) is 16.0 Å². The van der Waals surface area contributed by atoms with Crippen LogP contribution in [0.4, 0.5) is 19.0 Å². The molecule has 32 heavy (non-hydrogen) atoms. The van der Waals surface area contributed by atoms with Crippen LogP contribution in [0.15, 0.2) is 41.0 Å². The van der Waals surface area contributed by atoms with Crippen molar-refractivity contribution in [2.24, 2.45) is 5.92 Å². The van der Waals surface area contributed by atoms with E-state index in [1.54, 1.807) is 12.1 Å². The van der Waals surface area contributed by atoms with Gasteiger partial charge >= 0.3 is 12.1 Å². The van der Waals surface area contributed by atoms with Gasteiger partial charge in [-0.3, -0.25) is 4.79 Å². The average Bonchev–Trinajstić information content (AvgIpc) is 3.19. The highest BCUT2D eigenvalue weighted by Crippen LogP contribution is 2.27. The van der Waals surface area contributed by atoms with Gasteiger partial charge in [0.2, 0.25) is 0 Å². The van der Waals surface area contributed by atoms with Gasteiger partial charge in [0.1, 0.15) is 5.82 Å². The van der Waals surface area contributed by atoms with E-state index in [-0.39, 0.29) is 12.0 Å². The topological polar surface area (TPSA) is 96.1 Å². The summed E-state index contributed by atoms with van der Waals surface area (Å²) in [6, 6.07) is 9.57. The number of aliphatic carboxylic acids is 1. The van der Waals surface area contributed by atoms with E-state index < -0.39 is 12.1 Å². The van der Waals surface area contributed by atoms with Gasteiger partial charge in [-0.15, -0.1) is 0 Å². The maximum atomic E-state index is 12.6. The van der Waals surface area contributed by atoms with Crippen LogP contribution < -0.4 is 4.90 Å². The Morgan fingerprint density at radius 1 is 1.16 bits per heavy atom. The minimum atomic E-state index is -5.08. The lowest BCUT2D eigenvalue weighted by Gasteiger charge is -2.38. The Bertz CT molecular complexity index is 920. The second-order valence-electron chi connectivity index (χ2n) is 7.57. The number of furan rings is 1. The summed E-state index contributed by atoms with van der Waals surface area (Å²) in [5, 5.41) is 7.12.